The number of aliphatic carboxylic acids is 1. The molecule has 0 bridgehead atoms. The second kappa shape index (κ2) is 9.34. The number of ether oxygens (including phenoxy) is 1. The first kappa shape index (κ1) is 22.1. The lowest BCUT2D eigenvalue weighted by Gasteiger charge is -2.42. The summed E-state index contributed by atoms with van der Waals surface area (Å²) in [5, 5.41) is 12.2. The summed E-state index contributed by atoms with van der Waals surface area (Å²) in [5.41, 5.74) is 0.380. The molecule has 2 atom stereocenters. The van der Waals surface area contributed by atoms with Gasteiger partial charge in [0, 0.05) is 38.8 Å². The molecule has 2 rings (SSSR count). The number of benzene rings is 1. The maximum atomic E-state index is 13.0. The molecule has 28 heavy (non-hydrogen) atoms. The van der Waals surface area contributed by atoms with E-state index in [1.165, 1.54) is 12.1 Å². The van der Waals surface area contributed by atoms with Gasteiger partial charge in [0.15, 0.2) is 0 Å². The zero-order valence-electron chi connectivity index (χ0n) is 16.9. The Bertz CT molecular complexity index is 675. The van der Waals surface area contributed by atoms with Crippen molar-refractivity contribution in [3.05, 3.63) is 35.6 Å². The van der Waals surface area contributed by atoms with Gasteiger partial charge in [0.2, 0.25) is 0 Å². The Hall–Kier alpha value is -2.19. The van der Waals surface area contributed by atoms with E-state index in [0.717, 1.165) is 5.56 Å². The molecule has 2 N–H and O–H groups in total. The van der Waals surface area contributed by atoms with Crippen LogP contribution in [0.4, 0.5) is 9.18 Å². The third-order valence-corrected chi connectivity index (χ3v) is 4.61. The van der Waals surface area contributed by atoms with Crippen LogP contribution in [0.15, 0.2) is 24.3 Å². The van der Waals surface area contributed by atoms with Crippen LogP contribution in [0.5, 0.6) is 0 Å². The van der Waals surface area contributed by atoms with E-state index in [-0.39, 0.29) is 18.4 Å². The van der Waals surface area contributed by atoms with Gasteiger partial charge in [0.1, 0.15) is 17.5 Å². The Morgan fingerprint density at radius 3 is 2.46 bits per heavy atom. The van der Waals surface area contributed by atoms with Gasteiger partial charge in [-0.1, -0.05) is 12.1 Å². The Balaban J connectivity index is 1.91. The van der Waals surface area contributed by atoms with Gasteiger partial charge in [-0.2, -0.15) is 0 Å². The van der Waals surface area contributed by atoms with Crippen LogP contribution in [-0.4, -0.2) is 70.8 Å². The molecule has 156 valence electrons. The summed E-state index contributed by atoms with van der Waals surface area (Å²) >= 11 is 0. The maximum absolute atomic E-state index is 13.0. The molecular formula is C20H30FN3O4. The van der Waals surface area contributed by atoms with Crippen molar-refractivity contribution in [2.24, 2.45) is 0 Å². The third-order valence-electron chi connectivity index (χ3n) is 4.61. The summed E-state index contributed by atoms with van der Waals surface area (Å²) in [6.07, 6.45) is -0.624. The monoisotopic (exact) mass is 395 g/mol. The number of halogens is 1. The number of nitrogens with zero attached hydrogens (tertiary/aromatic N) is 2. The lowest BCUT2D eigenvalue weighted by molar-refractivity contribution is -0.145. The molecule has 1 fully saturated rings. The van der Waals surface area contributed by atoms with Crippen molar-refractivity contribution in [1.29, 1.82) is 0 Å². The average Bonchev–Trinajstić information content (AvgIpc) is 2.57. The van der Waals surface area contributed by atoms with E-state index in [4.69, 9.17) is 4.74 Å². The number of carbonyl (C=O) groups excluding carboxylic acids is 1. The topological polar surface area (TPSA) is 82.1 Å². The fourth-order valence-electron chi connectivity index (χ4n) is 3.34. The molecule has 1 amide bonds. The number of rotatable bonds is 6. The smallest absolute Gasteiger partial charge is 0.407 e. The van der Waals surface area contributed by atoms with Gasteiger partial charge in [0.05, 0.1) is 0 Å². The van der Waals surface area contributed by atoms with Crippen LogP contribution in [0.1, 0.15) is 33.3 Å². The highest BCUT2D eigenvalue weighted by molar-refractivity contribution is 5.75. The largest absolute Gasteiger partial charge is 0.480 e. The Morgan fingerprint density at radius 2 is 1.93 bits per heavy atom. The number of alkyl carbamates (subject to hydrolysis) is 1. The first-order valence-electron chi connectivity index (χ1n) is 9.47. The summed E-state index contributed by atoms with van der Waals surface area (Å²) in [5.74, 6) is -1.24. The SMILES string of the molecule is CC1CN(Cc2ccc(F)cc2)CCN1[C@@H](CNC(=O)OC(C)(C)C)C(=O)O. The lowest BCUT2D eigenvalue weighted by atomic mass is 10.1. The van der Waals surface area contributed by atoms with Crippen LogP contribution in [0.25, 0.3) is 0 Å². The fourth-order valence-corrected chi connectivity index (χ4v) is 3.34. The van der Waals surface area contributed by atoms with E-state index >= 15 is 0 Å². The maximum Gasteiger partial charge on any atom is 0.407 e. The molecule has 0 aromatic heterocycles. The van der Waals surface area contributed by atoms with Gasteiger partial charge >= 0.3 is 12.1 Å². The molecule has 1 heterocycles. The first-order chi connectivity index (χ1) is 13.0. The van der Waals surface area contributed by atoms with E-state index in [2.05, 4.69) is 10.2 Å². The highest BCUT2D eigenvalue weighted by Crippen LogP contribution is 2.16. The minimum absolute atomic E-state index is 0.00395. The molecular weight excluding hydrogens is 365 g/mol. The van der Waals surface area contributed by atoms with E-state index in [9.17, 15) is 19.1 Å². The van der Waals surface area contributed by atoms with Crippen LogP contribution in [0.2, 0.25) is 0 Å². The summed E-state index contributed by atoms with van der Waals surface area (Å²) in [6.45, 7) is 9.84. The average molecular weight is 395 g/mol. The Morgan fingerprint density at radius 1 is 1.29 bits per heavy atom. The van der Waals surface area contributed by atoms with Crippen molar-refractivity contribution in [3.8, 4) is 0 Å². The van der Waals surface area contributed by atoms with Gasteiger partial charge in [-0.25, -0.2) is 9.18 Å². The molecule has 1 aliphatic rings. The van der Waals surface area contributed by atoms with Crippen molar-refractivity contribution < 1.29 is 23.8 Å². The van der Waals surface area contributed by atoms with Crippen molar-refractivity contribution in [2.45, 2.75) is 51.9 Å². The summed E-state index contributed by atoms with van der Waals surface area (Å²) < 4.78 is 18.2. The zero-order chi connectivity index (χ0) is 20.9. The third kappa shape index (κ3) is 6.76. The molecule has 1 saturated heterocycles. The number of carboxylic acid groups (broad SMARTS) is 1. The molecule has 0 aliphatic carbocycles. The number of amides is 1. The van der Waals surface area contributed by atoms with Gasteiger partial charge in [-0.05, 0) is 45.4 Å². The number of carbonyl (C=O) groups is 2. The minimum atomic E-state index is -0.977. The van der Waals surface area contributed by atoms with Crippen molar-refractivity contribution in [3.63, 3.8) is 0 Å². The number of nitrogens with one attached hydrogen (secondary N) is 1. The standard InChI is InChI=1S/C20H30FN3O4/c1-14-12-23(13-15-5-7-16(21)8-6-15)9-10-24(14)17(18(25)26)11-22-19(27)28-20(2,3)4/h5-8,14,17H,9-13H2,1-4H3,(H,22,27)(H,25,26)/t14?,17-/m0/s1. The molecule has 1 aromatic rings. The molecule has 1 unspecified atom stereocenters. The van der Waals surface area contributed by atoms with Crippen molar-refractivity contribution >= 4 is 12.1 Å². The summed E-state index contributed by atoms with van der Waals surface area (Å²) in [6, 6.07) is 5.58. The molecule has 0 spiro atoms. The molecule has 0 saturated carbocycles. The van der Waals surface area contributed by atoms with E-state index in [1.54, 1.807) is 32.9 Å². The van der Waals surface area contributed by atoms with Crippen LogP contribution >= 0.6 is 0 Å². The molecule has 0 radical (unpaired) electrons. The highest BCUT2D eigenvalue weighted by Gasteiger charge is 2.34. The van der Waals surface area contributed by atoms with Crippen LogP contribution in [0.3, 0.4) is 0 Å². The van der Waals surface area contributed by atoms with Gasteiger partial charge in [-0.15, -0.1) is 0 Å². The second-order valence-electron chi connectivity index (χ2n) is 8.19. The zero-order valence-corrected chi connectivity index (χ0v) is 16.9. The fraction of sp³-hybridized carbons (Fsp3) is 0.600. The predicted molar refractivity (Wildman–Crippen MR) is 104 cm³/mol. The molecule has 1 aromatic carbocycles. The van der Waals surface area contributed by atoms with E-state index < -0.39 is 23.7 Å². The minimum Gasteiger partial charge on any atom is -0.480 e. The molecule has 1 aliphatic heterocycles. The quantitative estimate of drug-likeness (QED) is 0.769. The molecule has 7 nitrogen and oxygen atoms in total. The van der Waals surface area contributed by atoms with E-state index in [1.807, 2.05) is 11.8 Å². The summed E-state index contributed by atoms with van der Waals surface area (Å²) in [4.78, 5) is 27.7. The van der Waals surface area contributed by atoms with Crippen molar-refractivity contribution in [1.82, 2.24) is 15.1 Å². The van der Waals surface area contributed by atoms with Crippen LogP contribution < -0.4 is 5.32 Å². The highest BCUT2D eigenvalue weighted by atomic mass is 19.1. The van der Waals surface area contributed by atoms with Crippen LogP contribution in [0, 0.1) is 5.82 Å². The number of hydrogen-bond donors (Lipinski definition) is 2. The lowest BCUT2D eigenvalue weighted by Crippen LogP contribution is -2.59. The van der Waals surface area contributed by atoms with Gasteiger partial charge in [-0.3, -0.25) is 14.6 Å². The number of carboxylic acids is 1. The molecule has 8 heteroatoms. The number of hydrogen-bond acceptors (Lipinski definition) is 5. The Labute approximate surface area is 165 Å². The first-order valence-corrected chi connectivity index (χ1v) is 9.47. The Kier molecular flexibility index (Phi) is 7.37. The van der Waals surface area contributed by atoms with E-state index in [0.29, 0.717) is 26.2 Å². The van der Waals surface area contributed by atoms with Gasteiger partial charge < -0.3 is 15.2 Å². The van der Waals surface area contributed by atoms with Crippen molar-refractivity contribution in [2.75, 3.05) is 26.2 Å². The summed E-state index contributed by atoms with van der Waals surface area (Å²) in [7, 11) is 0. The van der Waals surface area contributed by atoms with Gasteiger partial charge in [0.25, 0.3) is 0 Å². The van der Waals surface area contributed by atoms with Crippen LogP contribution in [-0.2, 0) is 16.1 Å². The second-order valence-corrected chi connectivity index (χ2v) is 8.19. The predicted octanol–water partition coefficient (Wildman–Crippen LogP) is 2.31. The number of piperazine rings is 1. The normalized spacial score (nSPS) is 19.8.